The van der Waals surface area contributed by atoms with Crippen LogP contribution in [0.5, 0.6) is 0 Å². The first-order valence-corrected chi connectivity index (χ1v) is 9.59. The molecule has 9 heteroatoms. The molecule has 28 heavy (non-hydrogen) atoms. The maximum atomic E-state index is 12.4. The second kappa shape index (κ2) is 7.35. The first-order valence-electron chi connectivity index (χ1n) is 8.60. The average Bonchev–Trinajstić information content (AvgIpc) is 3.05. The molecule has 8 nitrogen and oxygen atoms in total. The van der Waals surface area contributed by atoms with Crippen molar-refractivity contribution >= 4 is 45.3 Å². The van der Waals surface area contributed by atoms with Crippen molar-refractivity contribution in [3.05, 3.63) is 64.2 Å². The highest BCUT2D eigenvalue weighted by Gasteiger charge is 2.15. The van der Waals surface area contributed by atoms with Crippen LogP contribution in [0, 0.1) is 10.1 Å². The summed E-state index contributed by atoms with van der Waals surface area (Å²) in [6, 6.07) is 13.5. The lowest BCUT2D eigenvalue weighted by atomic mass is 10.1. The predicted molar refractivity (Wildman–Crippen MR) is 107 cm³/mol. The highest BCUT2D eigenvalue weighted by molar-refractivity contribution is 7.99. The smallest absolute Gasteiger partial charge is 0.269 e. The number of para-hydroxylation sites is 1. The van der Waals surface area contributed by atoms with Crippen LogP contribution in [-0.2, 0) is 6.54 Å². The van der Waals surface area contributed by atoms with E-state index in [0.29, 0.717) is 10.7 Å². The quantitative estimate of drug-likeness (QED) is 0.212. The second-order valence-corrected chi connectivity index (χ2v) is 6.99. The minimum absolute atomic E-state index is 0.0467. The number of ketones is 1. The summed E-state index contributed by atoms with van der Waals surface area (Å²) in [6.45, 7) is 2.79. The van der Waals surface area contributed by atoms with Gasteiger partial charge in [0.2, 0.25) is 5.16 Å². The third-order valence-corrected chi connectivity index (χ3v) is 5.24. The predicted octanol–water partition coefficient (Wildman–Crippen LogP) is 3.88. The number of benzene rings is 2. The molecule has 0 bridgehead atoms. The van der Waals surface area contributed by atoms with Gasteiger partial charge in [-0.1, -0.05) is 30.0 Å². The Bertz CT molecular complexity index is 1200. The average molecular weight is 393 g/mol. The van der Waals surface area contributed by atoms with Crippen molar-refractivity contribution in [3.63, 3.8) is 0 Å². The van der Waals surface area contributed by atoms with E-state index in [0.717, 1.165) is 28.6 Å². The molecule has 0 N–H and O–H groups in total. The van der Waals surface area contributed by atoms with Gasteiger partial charge in [0, 0.05) is 29.6 Å². The molecule has 0 radical (unpaired) electrons. The number of non-ortho nitro benzene ring substituents is 1. The number of aryl methyl sites for hydroxylation is 1. The third kappa shape index (κ3) is 3.20. The van der Waals surface area contributed by atoms with Gasteiger partial charge >= 0.3 is 0 Å². The number of hydrogen-bond donors (Lipinski definition) is 0. The minimum atomic E-state index is -0.495. The zero-order valence-corrected chi connectivity index (χ0v) is 15.7. The zero-order valence-electron chi connectivity index (χ0n) is 14.9. The first-order chi connectivity index (χ1) is 13.6. The summed E-state index contributed by atoms with van der Waals surface area (Å²) < 4.78 is 2.07. The Balaban J connectivity index is 1.57. The van der Waals surface area contributed by atoms with Gasteiger partial charge in [-0.2, -0.15) is 0 Å². The number of nitro groups is 1. The number of fused-ring (bicyclic) bond motifs is 3. The number of hydrogen-bond acceptors (Lipinski definition) is 7. The van der Waals surface area contributed by atoms with Crippen LogP contribution in [0.25, 0.3) is 22.1 Å². The van der Waals surface area contributed by atoms with E-state index in [1.54, 1.807) is 0 Å². The molecule has 0 aliphatic heterocycles. The second-order valence-electron chi connectivity index (χ2n) is 6.04. The summed E-state index contributed by atoms with van der Waals surface area (Å²) in [4.78, 5) is 27.2. The van der Waals surface area contributed by atoms with Crippen LogP contribution < -0.4 is 0 Å². The summed E-state index contributed by atoms with van der Waals surface area (Å²) in [5.41, 5.74) is 2.89. The molecule has 2 aromatic heterocycles. The topological polar surface area (TPSA) is 104 Å². The Morgan fingerprint density at radius 1 is 1.14 bits per heavy atom. The Morgan fingerprint density at radius 2 is 1.89 bits per heavy atom. The molecule has 0 atom stereocenters. The zero-order chi connectivity index (χ0) is 19.7. The van der Waals surface area contributed by atoms with Crippen LogP contribution in [0.2, 0.25) is 0 Å². The van der Waals surface area contributed by atoms with Gasteiger partial charge in [-0.25, -0.2) is 4.98 Å². The van der Waals surface area contributed by atoms with E-state index in [1.807, 2.05) is 31.2 Å². The van der Waals surface area contributed by atoms with Crippen molar-refractivity contribution in [1.82, 2.24) is 19.7 Å². The van der Waals surface area contributed by atoms with Gasteiger partial charge in [-0.05, 0) is 25.1 Å². The number of rotatable bonds is 6. The van der Waals surface area contributed by atoms with E-state index >= 15 is 0 Å². The standard InChI is InChI=1S/C19H15N5O3S/c1-2-23-15-6-4-3-5-14(15)17-18(23)20-19(22-21-17)28-11-16(25)12-7-9-13(10-8-12)24(26)27/h3-10H,2,11H2,1H3. The number of nitrogens with zero attached hydrogens (tertiary/aromatic N) is 5. The van der Waals surface area contributed by atoms with Crippen LogP contribution in [0.3, 0.4) is 0 Å². The van der Waals surface area contributed by atoms with Crippen molar-refractivity contribution in [2.75, 3.05) is 5.75 Å². The molecule has 0 aliphatic rings. The molecule has 0 fully saturated rings. The monoisotopic (exact) mass is 393 g/mol. The fourth-order valence-corrected chi connectivity index (χ4v) is 3.73. The number of nitro benzene ring substituents is 1. The summed E-state index contributed by atoms with van der Waals surface area (Å²) in [5, 5.41) is 20.6. The molecule has 0 amide bonds. The van der Waals surface area contributed by atoms with Crippen LogP contribution in [-0.4, -0.2) is 36.2 Å². The van der Waals surface area contributed by atoms with Gasteiger partial charge in [0.25, 0.3) is 5.69 Å². The number of aromatic nitrogens is 4. The largest absolute Gasteiger partial charge is 0.324 e. The van der Waals surface area contributed by atoms with Gasteiger partial charge in [0.1, 0.15) is 5.52 Å². The molecule has 0 unspecified atom stereocenters. The van der Waals surface area contributed by atoms with E-state index in [2.05, 4.69) is 19.7 Å². The molecule has 0 saturated heterocycles. The van der Waals surface area contributed by atoms with Crippen molar-refractivity contribution in [2.45, 2.75) is 18.6 Å². The van der Waals surface area contributed by atoms with Gasteiger partial charge in [-0.3, -0.25) is 14.9 Å². The molecule has 140 valence electrons. The highest BCUT2D eigenvalue weighted by Crippen LogP contribution is 2.27. The Hall–Kier alpha value is -3.33. The van der Waals surface area contributed by atoms with Crippen molar-refractivity contribution < 1.29 is 9.72 Å². The summed E-state index contributed by atoms with van der Waals surface area (Å²) in [5.74, 6) is -0.0307. The summed E-state index contributed by atoms with van der Waals surface area (Å²) in [7, 11) is 0. The van der Waals surface area contributed by atoms with E-state index in [9.17, 15) is 14.9 Å². The van der Waals surface area contributed by atoms with Gasteiger partial charge in [-0.15, -0.1) is 10.2 Å². The first kappa shape index (κ1) is 18.1. The molecule has 0 saturated carbocycles. The number of Topliss-reactive ketones (excluding diaryl/α,β-unsaturated/α-hetero) is 1. The third-order valence-electron chi connectivity index (χ3n) is 4.40. The molecular formula is C19H15N5O3S. The number of thioether (sulfide) groups is 1. The maximum Gasteiger partial charge on any atom is 0.269 e. The van der Waals surface area contributed by atoms with Gasteiger partial charge in [0.05, 0.1) is 16.2 Å². The lowest BCUT2D eigenvalue weighted by Gasteiger charge is -2.03. The molecule has 4 rings (SSSR count). The van der Waals surface area contributed by atoms with Crippen molar-refractivity contribution in [3.8, 4) is 0 Å². The molecule has 4 aromatic rings. The van der Waals surface area contributed by atoms with Crippen LogP contribution in [0.15, 0.2) is 53.7 Å². The van der Waals surface area contributed by atoms with E-state index in [-0.39, 0.29) is 17.2 Å². The van der Waals surface area contributed by atoms with Crippen molar-refractivity contribution in [1.29, 1.82) is 0 Å². The van der Waals surface area contributed by atoms with Gasteiger partial charge < -0.3 is 4.57 Å². The highest BCUT2D eigenvalue weighted by atomic mass is 32.2. The molecular weight excluding hydrogens is 378 g/mol. The molecule has 2 heterocycles. The van der Waals surface area contributed by atoms with Crippen molar-refractivity contribution in [2.24, 2.45) is 0 Å². The fraction of sp³-hybridized carbons (Fsp3) is 0.158. The Kier molecular flexibility index (Phi) is 4.74. The van der Waals surface area contributed by atoms with Crippen LogP contribution >= 0.6 is 11.8 Å². The lowest BCUT2D eigenvalue weighted by Crippen LogP contribution is -2.04. The summed E-state index contributed by atoms with van der Waals surface area (Å²) in [6.07, 6.45) is 0. The lowest BCUT2D eigenvalue weighted by molar-refractivity contribution is -0.384. The van der Waals surface area contributed by atoms with E-state index in [4.69, 9.17) is 0 Å². The van der Waals surface area contributed by atoms with Crippen LogP contribution in [0.4, 0.5) is 5.69 Å². The Morgan fingerprint density at radius 3 is 2.61 bits per heavy atom. The maximum absolute atomic E-state index is 12.4. The Labute approximate surface area is 163 Å². The normalized spacial score (nSPS) is 11.2. The molecule has 2 aromatic carbocycles. The SMILES string of the molecule is CCn1c2ccccc2c2nnc(SCC(=O)c3ccc([N+](=O)[O-])cc3)nc21. The minimum Gasteiger partial charge on any atom is -0.324 e. The van der Waals surface area contributed by atoms with E-state index in [1.165, 1.54) is 36.0 Å². The number of carbonyl (C=O) groups is 1. The van der Waals surface area contributed by atoms with Gasteiger partial charge in [0.15, 0.2) is 11.4 Å². The molecule has 0 aliphatic carbocycles. The van der Waals surface area contributed by atoms with E-state index < -0.39 is 4.92 Å². The molecule has 0 spiro atoms. The number of carbonyl (C=O) groups excluding carboxylic acids is 1. The van der Waals surface area contributed by atoms with Crippen LogP contribution in [0.1, 0.15) is 17.3 Å². The summed E-state index contributed by atoms with van der Waals surface area (Å²) >= 11 is 1.20. The fourth-order valence-electron chi connectivity index (χ4n) is 3.05.